The zero-order chi connectivity index (χ0) is 15.6. The predicted octanol–water partition coefficient (Wildman–Crippen LogP) is 1.18. The second-order valence-electron chi connectivity index (χ2n) is 7.36. The monoisotopic (exact) mass is 313 g/mol. The highest BCUT2D eigenvalue weighted by molar-refractivity contribution is 7.99. The molecule has 2 fully saturated rings. The Morgan fingerprint density at radius 2 is 2.05 bits per heavy atom. The van der Waals surface area contributed by atoms with Gasteiger partial charge in [-0.1, -0.05) is 20.8 Å². The molecule has 0 bridgehead atoms. The van der Waals surface area contributed by atoms with Gasteiger partial charge in [-0.25, -0.2) is 0 Å². The lowest BCUT2D eigenvalue weighted by Crippen LogP contribution is -2.50. The first-order valence-electron chi connectivity index (χ1n) is 7.68. The van der Waals surface area contributed by atoms with Crippen molar-refractivity contribution in [3.63, 3.8) is 0 Å². The van der Waals surface area contributed by atoms with Crippen molar-refractivity contribution in [2.45, 2.75) is 52.1 Å². The van der Waals surface area contributed by atoms with E-state index in [2.05, 4.69) is 5.32 Å². The van der Waals surface area contributed by atoms with E-state index in [0.29, 0.717) is 30.5 Å². The van der Waals surface area contributed by atoms with Crippen LogP contribution in [0.2, 0.25) is 0 Å². The Hall–Kier alpha value is -0.750. The van der Waals surface area contributed by atoms with E-state index in [1.807, 2.05) is 20.8 Å². The molecule has 2 atom stereocenters. The summed E-state index contributed by atoms with van der Waals surface area (Å²) in [5.74, 6) is 1.88. The Kier molecular flexibility index (Phi) is 5.20. The third-order valence-electron chi connectivity index (χ3n) is 3.93. The molecule has 0 aromatic rings. The van der Waals surface area contributed by atoms with Crippen molar-refractivity contribution >= 4 is 23.6 Å². The normalized spacial score (nSPS) is 24.0. The van der Waals surface area contributed by atoms with Crippen LogP contribution in [0.5, 0.6) is 0 Å². The number of carbonyl (C=O) groups excluding carboxylic acids is 2. The lowest BCUT2D eigenvalue weighted by molar-refractivity contribution is -0.139. The molecule has 0 aromatic carbocycles. The number of carbonyl (C=O) groups is 2. The molecule has 1 saturated carbocycles. The van der Waals surface area contributed by atoms with Gasteiger partial charge in [0.15, 0.2) is 0 Å². The molecule has 1 aliphatic heterocycles. The van der Waals surface area contributed by atoms with E-state index >= 15 is 0 Å². The Morgan fingerprint density at radius 3 is 2.62 bits per heavy atom. The standard InChI is InChI=1S/C15H27N3O2S/c1-15(2,3)6-13(19)18-9-21-8-12(18)14(20)17-7-11(16)10-4-5-10/h10-12H,4-9,16H2,1-3H3,(H,17,20). The number of amides is 2. The number of nitrogens with one attached hydrogen (secondary N) is 1. The van der Waals surface area contributed by atoms with Gasteiger partial charge in [-0.15, -0.1) is 11.8 Å². The minimum absolute atomic E-state index is 0.0559. The smallest absolute Gasteiger partial charge is 0.243 e. The lowest BCUT2D eigenvalue weighted by atomic mass is 9.91. The molecule has 2 aliphatic rings. The second kappa shape index (κ2) is 6.57. The minimum Gasteiger partial charge on any atom is -0.353 e. The van der Waals surface area contributed by atoms with Gasteiger partial charge < -0.3 is 16.0 Å². The number of nitrogens with zero attached hydrogens (tertiary/aromatic N) is 1. The number of thioether (sulfide) groups is 1. The molecule has 0 aromatic heterocycles. The summed E-state index contributed by atoms with van der Waals surface area (Å²) in [7, 11) is 0. The van der Waals surface area contributed by atoms with Crippen LogP contribution in [0.1, 0.15) is 40.0 Å². The number of hydrogen-bond donors (Lipinski definition) is 2. The van der Waals surface area contributed by atoms with E-state index in [0.717, 1.165) is 0 Å². The molecule has 120 valence electrons. The molecule has 3 N–H and O–H groups in total. The van der Waals surface area contributed by atoms with Gasteiger partial charge in [-0.2, -0.15) is 0 Å². The van der Waals surface area contributed by atoms with Crippen LogP contribution in [-0.4, -0.2) is 47.0 Å². The zero-order valence-electron chi connectivity index (χ0n) is 13.2. The highest BCUT2D eigenvalue weighted by Gasteiger charge is 2.36. The molecule has 1 aliphatic carbocycles. The maximum absolute atomic E-state index is 12.3. The van der Waals surface area contributed by atoms with Crippen molar-refractivity contribution < 1.29 is 9.59 Å². The molecule has 2 amide bonds. The third-order valence-corrected chi connectivity index (χ3v) is 4.94. The van der Waals surface area contributed by atoms with Crippen molar-refractivity contribution in [3.05, 3.63) is 0 Å². The molecule has 0 radical (unpaired) electrons. The van der Waals surface area contributed by atoms with Crippen LogP contribution in [-0.2, 0) is 9.59 Å². The SMILES string of the molecule is CC(C)(C)CC(=O)N1CSCC1C(=O)NCC(N)C1CC1. The summed E-state index contributed by atoms with van der Waals surface area (Å²) in [6.45, 7) is 6.64. The molecular formula is C15H27N3O2S. The molecule has 1 saturated heterocycles. The molecule has 2 rings (SSSR count). The Morgan fingerprint density at radius 1 is 1.38 bits per heavy atom. The fourth-order valence-corrected chi connectivity index (χ4v) is 3.67. The van der Waals surface area contributed by atoms with Crippen LogP contribution < -0.4 is 11.1 Å². The Balaban J connectivity index is 1.85. The van der Waals surface area contributed by atoms with E-state index in [1.54, 1.807) is 16.7 Å². The molecule has 0 spiro atoms. The quantitative estimate of drug-likeness (QED) is 0.799. The van der Waals surface area contributed by atoms with E-state index in [-0.39, 0.29) is 29.3 Å². The molecule has 21 heavy (non-hydrogen) atoms. The predicted molar refractivity (Wildman–Crippen MR) is 85.7 cm³/mol. The van der Waals surface area contributed by atoms with Crippen LogP contribution >= 0.6 is 11.8 Å². The maximum Gasteiger partial charge on any atom is 0.243 e. The molecule has 5 nitrogen and oxygen atoms in total. The summed E-state index contributed by atoms with van der Waals surface area (Å²) < 4.78 is 0. The van der Waals surface area contributed by atoms with Crippen molar-refractivity contribution in [2.75, 3.05) is 18.2 Å². The lowest BCUT2D eigenvalue weighted by Gasteiger charge is -2.27. The molecule has 1 heterocycles. The summed E-state index contributed by atoms with van der Waals surface area (Å²) in [6.07, 6.45) is 2.82. The maximum atomic E-state index is 12.3. The Labute approximate surface area is 131 Å². The topological polar surface area (TPSA) is 75.4 Å². The fourth-order valence-electron chi connectivity index (χ4n) is 2.49. The van der Waals surface area contributed by atoms with Crippen molar-refractivity contribution in [1.29, 1.82) is 0 Å². The van der Waals surface area contributed by atoms with Crippen LogP contribution in [0.3, 0.4) is 0 Å². The Bertz CT molecular complexity index is 404. The van der Waals surface area contributed by atoms with Gasteiger partial charge in [-0.05, 0) is 24.2 Å². The number of hydrogen-bond acceptors (Lipinski definition) is 4. The van der Waals surface area contributed by atoms with Gasteiger partial charge >= 0.3 is 0 Å². The highest BCUT2D eigenvalue weighted by Crippen LogP contribution is 2.31. The van der Waals surface area contributed by atoms with Crippen molar-refractivity contribution in [2.24, 2.45) is 17.1 Å². The average Bonchev–Trinajstić information content (AvgIpc) is 3.10. The van der Waals surface area contributed by atoms with E-state index in [9.17, 15) is 9.59 Å². The first-order valence-corrected chi connectivity index (χ1v) is 8.84. The van der Waals surface area contributed by atoms with Crippen molar-refractivity contribution in [1.82, 2.24) is 10.2 Å². The van der Waals surface area contributed by atoms with Gasteiger partial charge in [0.25, 0.3) is 0 Å². The van der Waals surface area contributed by atoms with Crippen molar-refractivity contribution in [3.8, 4) is 0 Å². The van der Waals surface area contributed by atoms with Gasteiger partial charge in [-0.3, -0.25) is 9.59 Å². The fraction of sp³-hybridized carbons (Fsp3) is 0.867. The highest BCUT2D eigenvalue weighted by atomic mass is 32.2. The van der Waals surface area contributed by atoms with Crippen LogP contribution in [0.25, 0.3) is 0 Å². The van der Waals surface area contributed by atoms with Gasteiger partial charge in [0.05, 0.1) is 5.88 Å². The van der Waals surface area contributed by atoms with Gasteiger partial charge in [0.1, 0.15) is 6.04 Å². The third kappa shape index (κ3) is 4.88. The molecule has 6 heteroatoms. The average molecular weight is 313 g/mol. The summed E-state index contributed by atoms with van der Waals surface area (Å²) in [6, 6.07) is -0.280. The van der Waals surface area contributed by atoms with E-state index in [4.69, 9.17) is 5.73 Å². The number of rotatable bonds is 5. The zero-order valence-corrected chi connectivity index (χ0v) is 14.0. The van der Waals surface area contributed by atoms with E-state index in [1.165, 1.54) is 12.8 Å². The van der Waals surface area contributed by atoms with Gasteiger partial charge in [0, 0.05) is 24.8 Å². The first-order chi connectivity index (χ1) is 9.78. The summed E-state index contributed by atoms with van der Waals surface area (Å²) in [4.78, 5) is 26.4. The summed E-state index contributed by atoms with van der Waals surface area (Å²) in [5.41, 5.74) is 5.95. The van der Waals surface area contributed by atoms with Gasteiger partial charge in [0.2, 0.25) is 11.8 Å². The van der Waals surface area contributed by atoms with E-state index < -0.39 is 0 Å². The largest absolute Gasteiger partial charge is 0.353 e. The second-order valence-corrected chi connectivity index (χ2v) is 8.36. The number of nitrogens with two attached hydrogens (primary N) is 1. The molecular weight excluding hydrogens is 286 g/mol. The summed E-state index contributed by atoms with van der Waals surface area (Å²) in [5, 5.41) is 2.92. The van der Waals surface area contributed by atoms with Crippen LogP contribution in [0, 0.1) is 11.3 Å². The van der Waals surface area contributed by atoms with Crippen LogP contribution in [0.15, 0.2) is 0 Å². The minimum atomic E-state index is -0.337. The summed E-state index contributed by atoms with van der Waals surface area (Å²) >= 11 is 1.64. The first kappa shape index (κ1) is 16.6. The van der Waals surface area contributed by atoms with Crippen LogP contribution in [0.4, 0.5) is 0 Å². The molecule has 2 unspecified atom stereocenters.